The van der Waals surface area contributed by atoms with Crippen molar-refractivity contribution >= 4 is 11.7 Å². The molecule has 0 atom stereocenters. The molecule has 1 N–H and O–H groups in total. The minimum Gasteiger partial charge on any atom is -0.345 e. The second kappa shape index (κ2) is 7.69. The summed E-state index contributed by atoms with van der Waals surface area (Å²) in [5, 5.41) is 14.9. The largest absolute Gasteiger partial charge is 0.345 e. The first-order valence-corrected chi connectivity index (χ1v) is 8.31. The van der Waals surface area contributed by atoms with Crippen LogP contribution in [0.4, 0.5) is 0 Å². The molecule has 0 aliphatic heterocycles. The molecule has 1 heterocycles. The first kappa shape index (κ1) is 17.5. The number of Topliss-reactive ketones (excluding diaryl/α,β-unsaturated/α-hetero) is 1. The third-order valence-electron chi connectivity index (χ3n) is 3.80. The van der Waals surface area contributed by atoms with Gasteiger partial charge in [-0.05, 0) is 31.2 Å². The number of nitrogens with zero attached hydrogens (tertiary/aromatic N) is 4. The van der Waals surface area contributed by atoms with Crippen molar-refractivity contribution in [2.24, 2.45) is 0 Å². The van der Waals surface area contributed by atoms with Gasteiger partial charge >= 0.3 is 0 Å². The average Bonchev–Trinajstić information content (AvgIpc) is 3.17. The van der Waals surface area contributed by atoms with Crippen molar-refractivity contribution < 1.29 is 9.59 Å². The quantitative estimate of drug-likeness (QED) is 0.691. The number of benzene rings is 2. The molecular weight excluding hydrogens is 330 g/mol. The van der Waals surface area contributed by atoms with Crippen LogP contribution in [0, 0.1) is 0 Å². The smallest absolute Gasteiger partial charge is 0.251 e. The number of carbonyl (C=O) groups is 2. The SMILES string of the molecule is CC(C)n1nnc(-c2ccc(C(=O)NCC(=O)c3ccccc3)cc2)n1. The molecule has 0 aliphatic carbocycles. The summed E-state index contributed by atoms with van der Waals surface area (Å²) in [6.45, 7) is 3.89. The topological polar surface area (TPSA) is 89.8 Å². The van der Waals surface area contributed by atoms with Crippen molar-refractivity contribution in [3.63, 3.8) is 0 Å². The molecule has 3 rings (SSSR count). The van der Waals surface area contributed by atoms with Crippen LogP contribution in [0.15, 0.2) is 54.6 Å². The lowest BCUT2D eigenvalue weighted by Crippen LogP contribution is -2.29. The van der Waals surface area contributed by atoms with Gasteiger partial charge in [0.2, 0.25) is 5.82 Å². The Morgan fingerprint density at radius 2 is 1.69 bits per heavy atom. The van der Waals surface area contributed by atoms with Gasteiger partial charge in [-0.3, -0.25) is 9.59 Å². The summed E-state index contributed by atoms with van der Waals surface area (Å²) in [5.74, 6) is 0.0645. The van der Waals surface area contributed by atoms with Crippen LogP contribution < -0.4 is 5.32 Å². The third kappa shape index (κ3) is 4.00. The summed E-state index contributed by atoms with van der Waals surface area (Å²) in [6.07, 6.45) is 0. The van der Waals surface area contributed by atoms with Crippen LogP contribution in [-0.4, -0.2) is 38.4 Å². The van der Waals surface area contributed by atoms with Crippen molar-refractivity contribution in [1.29, 1.82) is 0 Å². The second-order valence-electron chi connectivity index (χ2n) is 6.08. The lowest BCUT2D eigenvalue weighted by molar-refractivity contribution is 0.0904. The molecule has 0 bridgehead atoms. The van der Waals surface area contributed by atoms with Crippen molar-refractivity contribution in [3.8, 4) is 11.4 Å². The highest BCUT2D eigenvalue weighted by Gasteiger charge is 2.12. The number of tetrazole rings is 1. The zero-order valence-corrected chi connectivity index (χ0v) is 14.6. The maximum atomic E-state index is 12.2. The Morgan fingerprint density at radius 3 is 2.31 bits per heavy atom. The zero-order valence-electron chi connectivity index (χ0n) is 14.6. The Balaban J connectivity index is 1.62. The van der Waals surface area contributed by atoms with Gasteiger partial charge in [0.1, 0.15) is 0 Å². The van der Waals surface area contributed by atoms with Gasteiger partial charge in [-0.2, -0.15) is 4.80 Å². The van der Waals surface area contributed by atoms with E-state index >= 15 is 0 Å². The minimum atomic E-state index is -0.306. The van der Waals surface area contributed by atoms with Crippen molar-refractivity contribution in [1.82, 2.24) is 25.5 Å². The number of nitrogens with one attached hydrogen (secondary N) is 1. The van der Waals surface area contributed by atoms with Crippen LogP contribution in [0.3, 0.4) is 0 Å². The molecule has 132 valence electrons. The highest BCUT2D eigenvalue weighted by Crippen LogP contribution is 2.15. The van der Waals surface area contributed by atoms with Crippen molar-refractivity contribution in [2.75, 3.05) is 6.54 Å². The molecule has 0 radical (unpaired) electrons. The number of carbonyl (C=O) groups excluding carboxylic acids is 2. The molecule has 7 heteroatoms. The molecule has 1 amide bonds. The fourth-order valence-corrected chi connectivity index (χ4v) is 2.32. The maximum Gasteiger partial charge on any atom is 0.251 e. The molecule has 26 heavy (non-hydrogen) atoms. The molecule has 0 saturated carbocycles. The number of aromatic nitrogens is 4. The molecule has 0 unspecified atom stereocenters. The number of ketones is 1. The summed E-state index contributed by atoms with van der Waals surface area (Å²) < 4.78 is 0. The summed E-state index contributed by atoms with van der Waals surface area (Å²) in [4.78, 5) is 25.8. The monoisotopic (exact) mass is 349 g/mol. The summed E-state index contributed by atoms with van der Waals surface area (Å²) in [6, 6.07) is 15.9. The fourth-order valence-electron chi connectivity index (χ4n) is 2.32. The van der Waals surface area contributed by atoms with Gasteiger partial charge in [-0.25, -0.2) is 0 Å². The molecule has 2 aromatic carbocycles. The van der Waals surface area contributed by atoms with Gasteiger partial charge in [-0.15, -0.1) is 10.2 Å². The number of hydrogen-bond donors (Lipinski definition) is 1. The summed E-state index contributed by atoms with van der Waals surface area (Å²) in [5.41, 5.74) is 1.81. The zero-order chi connectivity index (χ0) is 18.5. The van der Waals surface area contributed by atoms with Gasteiger partial charge in [0.25, 0.3) is 5.91 Å². The second-order valence-corrected chi connectivity index (χ2v) is 6.08. The van der Waals surface area contributed by atoms with E-state index in [1.807, 2.05) is 19.9 Å². The Morgan fingerprint density at radius 1 is 1.00 bits per heavy atom. The highest BCUT2D eigenvalue weighted by molar-refractivity contribution is 6.02. The summed E-state index contributed by atoms with van der Waals surface area (Å²) in [7, 11) is 0. The van der Waals surface area contributed by atoms with Crippen LogP contribution in [-0.2, 0) is 0 Å². The predicted molar refractivity (Wildman–Crippen MR) is 96.7 cm³/mol. The maximum absolute atomic E-state index is 12.2. The average molecular weight is 349 g/mol. The van der Waals surface area contributed by atoms with Crippen LogP contribution in [0.2, 0.25) is 0 Å². The lowest BCUT2D eigenvalue weighted by atomic mass is 10.1. The van der Waals surface area contributed by atoms with Gasteiger partial charge in [0.15, 0.2) is 5.78 Å². The lowest BCUT2D eigenvalue weighted by Gasteiger charge is -2.05. The molecule has 7 nitrogen and oxygen atoms in total. The number of rotatable bonds is 6. The van der Waals surface area contributed by atoms with Crippen LogP contribution in [0.5, 0.6) is 0 Å². The number of amides is 1. The van der Waals surface area contributed by atoms with Crippen molar-refractivity contribution in [3.05, 3.63) is 65.7 Å². The van der Waals surface area contributed by atoms with Crippen LogP contribution in [0.25, 0.3) is 11.4 Å². The number of hydrogen-bond acceptors (Lipinski definition) is 5. The highest BCUT2D eigenvalue weighted by atomic mass is 16.2. The van der Waals surface area contributed by atoms with E-state index in [1.54, 1.807) is 48.5 Å². The van der Waals surface area contributed by atoms with Gasteiger partial charge in [-0.1, -0.05) is 42.5 Å². The predicted octanol–water partition coefficient (Wildman–Crippen LogP) is 2.53. The molecule has 3 aromatic rings. The van der Waals surface area contributed by atoms with Crippen molar-refractivity contribution in [2.45, 2.75) is 19.9 Å². The van der Waals surface area contributed by atoms with Gasteiger partial charge < -0.3 is 5.32 Å². The Kier molecular flexibility index (Phi) is 5.17. The van der Waals surface area contributed by atoms with E-state index in [0.29, 0.717) is 17.0 Å². The Hall–Kier alpha value is -3.35. The first-order chi connectivity index (χ1) is 12.5. The van der Waals surface area contributed by atoms with Gasteiger partial charge in [0.05, 0.1) is 12.6 Å². The molecule has 0 aliphatic rings. The van der Waals surface area contributed by atoms with Gasteiger partial charge in [0, 0.05) is 16.7 Å². The standard InChI is InChI=1S/C19H19N5O2/c1-13(2)24-22-18(21-23-24)15-8-10-16(11-9-15)19(26)20-12-17(25)14-6-4-3-5-7-14/h3-11,13H,12H2,1-2H3,(H,20,26). The van der Waals surface area contributed by atoms with E-state index in [4.69, 9.17) is 0 Å². The van der Waals surface area contributed by atoms with E-state index in [-0.39, 0.29) is 24.3 Å². The minimum absolute atomic E-state index is 0.0468. The molecule has 0 fully saturated rings. The molecule has 1 aromatic heterocycles. The normalized spacial score (nSPS) is 10.7. The van der Waals surface area contributed by atoms with E-state index in [1.165, 1.54) is 4.80 Å². The first-order valence-electron chi connectivity index (χ1n) is 8.31. The van der Waals surface area contributed by atoms with E-state index in [0.717, 1.165) is 5.56 Å². The third-order valence-corrected chi connectivity index (χ3v) is 3.80. The fraction of sp³-hybridized carbons (Fsp3) is 0.211. The molecule has 0 spiro atoms. The molecule has 0 saturated heterocycles. The van der Waals surface area contributed by atoms with E-state index in [2.05, 4.69) is 20.7 Å². The summed E-state index contributed by atoms with van der Waals surface area (Å²) >= 11 is 0. The van der Waals surface area contributed by atoms with Crippen LogP contribution >= 0.6 is 0 Å². The molecular formula is C19H19N5O2. The van der Waals surface area contributed by atoms with E-state index < -0.39 is 0 Å². The van der Waals surface area contributed by atoms with E-state index in [9.17, 15) is 9.59 Å². The van der Waals surface area contributed by atoms with Crippen LogP contribution in [0.1, 0.15) is 40.6 Å². The Labute approximate surface area is 151 Å². The Bertz CT molecular complexity index is 901.